The summed E-state index contributed by atoms with van der Waals surface area (Å²) in [5, 5.41) is 0.440. The smallest absolute Gasteiger partial charge is 0.137 e. The van der Waals surface area contributed by atoms with E-state index in [-0.39, 0.29) is 0 Å². The summed E-state index contributed by atoms with van der Waals surface area (Å²) in [5.74, 6) is 0. The van der Waals surface area contributed by atoms with Crippen molar-refractivity contribution in [3.8, 4) is 0 Å². The Kier molecular flexibility index (Phi) is 1.55. The van der Waals surface area contributed by atoms with Gasteiger partial charge in [-0.15, -0.1) is 0 Å². The number of hydrogen-bond acceptors (Lipinski definition) is 1. The maximum atomic E-state index is 13.5. The number of benzene rings is 1. The molecule has 2 N–H and O–H groups in total. The van der Waals surface area contributed by atoms with E-state index in [0.29, 0.717) is 29.1 Å². The summed E-state index contributed by atoms with van der Waals surface area (Å²) in [6.45, 7) is 0. The van der Waals surface area contributed by atoms with E-state index in [1.54, 1.807) is 18.2 Å². The quantitative estimate of drug-likeness (QED) is 0.669. The van der Waals surface area contributed by atoms with Crippen LogP contribution in [0.3, 0.4) is 0 Å². The van der Waals surface area contributed by atoms with Gasteiger partial charge in [-0.05, 0) is 25.0 Å². The van der Waals surface area contributed by atoms with E-state index in [2.05, 4.69) is 0 Å². The van der Waals surface area contributed by atoms with Crippen molar-refractivity contribution < 1.29 is 4.39 Å². The minimum absolute atomic E-state index is 0.440. The zero-order chi connectivity index (χ0) is 8.77. The number of alkyl halides is 1. The summed E-state index contributed by atoms with van der Waals surface area (Å²) in [6, 6.07) is 4.95. The van der Waals surface area contributed by atoms with Crippen molar-refractivity contribution in [3.63, 3.8) is 0 Å². The molecular weight excluding hydrogens is 177 g/mol. The molecule has 0 heterocycles. The molecule has 0 aromatic heterocycles. The van der Waals surface area contributed by atoms with Gasteiger partial charge in [0.1, 0.15) is 5.67 Å². The van der Waals surface area contributed by atoms with E-state index in [1.165, 1.54) is 0 Å². The molecular formula is C9H9ClFN. The lowest BCUT2D eigenvalue weighted by Crippen LogP contribution is -1.99. The van der Waals surface area contributed by atoms with Crippen LogP contribution in [-0.2, 0) is 5.67 Å². The van der Waals surface area contributed by atoms with Crippen molar-refractivity contribution in [1.82, 2.24) is 0 Å². The number of hydrogen-bond donors (Lipinski definition) is 1. The molecule has 1 fully saturated rings. The fourth-order valence-electron chi connectivity index (χ4n) is 1.27. The van der Waals surface area contributed by atoms with Crippen molar-refractivity contribution >= 4 is 17.3 Å². The van der Waals surface area contributed by atoms with Crippen LogP contribution < -0.4 is 5.73 Å². The minimum atomic E-state index is -1.16. The maximum absolute atomic E-state index is 13.5. The highest BCUT2D eigenvalue weighted by atomic mass is 35.5. The molecule has 1 aliphatic carbocycles. The summed E-state index contributed by atoms with van der Waals surface area (Å²) in [5.41, 5.74) is 5.48. The van der Waals surface area contributed by atoms with Crippen molar-refractivity contribution in [2.75, 3.05) is 5.73 Å². The first-order valence-electron chi connectivity index (χ1n) is 3.86. The molecule has 0 aliphatic heterocycles. The largest absolute Gasteiger partial charge is 0.399 e. The summed E-state index contributed by atoms with van der Waals surface area (Å²) in [4.78, 5) is 0. The first-order valence-corrected chi connectivity index (χ1v) is 4.24. The minimum Gasteiger partial charge on any atom is -0.399 e. The van der Waals surface area contributed by atoms with Gasteiger partial charge in [-0.2, -0.15) is 0 Å². The first kappa shape index (κ1) is 7.87. The van der Waals surface area contributed by atoms with Gasteiger partial charge < -0.3 is 5.73 Å². The zero-order valence-corrected chi connectivity index (χ0v) is 7.24. The molecule has 0 amide bonds. The third-order valence-electron chi connectivity index (χ3n) is 2.16. The molecule has 1 aromatic carbocycles. The fourth-order valence-corrected chi connectivity index (χ4v) is 1.63. The average molecular weight is 186 g/mol. The molecule has 0 spiro atoms. The van der Waals surface area contributed by atoms with Crippen molar-refractivity contribution in [2.24, 2.45) is 0 Å². The van der Waals surface area contributed by atoms with Gasteiger partial charge in [0, 0.05) is 16.3 Å². The lowest BCUT2D eigenvalue weighted by molar-refractivity contribution is 0.318. The number of halogens is 2. The van der Waals surface area contributed by atoms with Gasteiger partial charge in [0.25, 0.3) is 0 Å². The highest BCUT2D eigenvalue weighted by molar-refractivity contribution is 6.31. The monoisotopic (exact) mass is 185 g/mol. The van der Waals surface area contributed by atoms with Gasteiger partial charge in [-0.1, -0.05) is 17.7 Å². The van der Waals surface area contributed by atoms with Gasteiger partial charge in [0.05, 0.1) is 0 Å². The normalized spacial score (nSPS) is 19.2. The molecule has 2 rings (SSSR count). The fraction of sp³-hybridized carbons (Fsp3) is 0.333. The van der Waals surface area contributed by atoms with Gasteiger partial charge in [-0.25, -0.2) is 4.39 Å². The van der Waals surface area contributed by atoms with Gasteiger partial charge in [0.15, 0.2) is 0 Å². The van der Waals surface area contributed by atoms with Crippen molar-refractivity contribution in [3.05, 3.63) is 28.8 Å². The molecule has 0 unspecified atom stereocenters. The number of anilines is 1. The Balaban J connectivity index is 2.45. The lowest BCUT2D eigenvalue weighted by Gasteiger charge is -2.07. The second-order valence-corrected chi connectivity index (χ2v) is 3.61. The summed E-state index contributed by atoms with van der Waals surface area (Å²) < 4.78 is 13.5. The Hall–Kier alpha value is -0.760. The number of rotatable bonds is 1. The third kappa shape index (κ3) is 1.16. The topological polar surface area (TPSA) is 26.0 Å². The summed E-state index contributed by atoms with van der Waals surface area (Å²) in [6.07, 6.45) is 1.16. The van der Waals surface area contributed by atoms with E-state index < -0.39 is 5.67 Å². The van der Waals surface area contributed by atoms with Crippen LogP contribution in [-0.4, -0.2) is 0 Å². The molecule has 0 atom stereocenters. The van der Waals surface area contributed by atoms with E-state index in [9.17, 15) is 4.39 Å². The highest BCUT2D eigenvalue weighted by Crippen LogP contribution is 2.51. The molecule has 0 radical (unpaired) electrons. The van der Waals surface area contributed by atoms with Crippen molar-refractivity contribution in [1.29, 1.82) is 0 Å². The third-order valence-corrected chi connectivity index (χ3v) is 2.48. The molecule has 64 valence electrons. The van der Waals surface area contributed by atoms with Crippen LogP contribution in [0.5, 0.6) is 0 Å². The number of nitrogens with two attached hydrogens (primary N) is 1. The Bertz CT molecular complexity index is 320. The van der Waals surface area contributed by atoms with Crippen LogP contribution in [0, 0.1) is 0 Å². The second-order valence-electron chi connectivity index (χ2n) is 3.20. The average Bonchev–Trinajstić information content (AvgIpc) is 2.68. The van der Waals surface area contributed by atoms with Crippen LogP contribution in [0.25, 0.3) is 0 Å². The van der Waals surface area contributed by atoms with Crippen LogP contribution in [0.2, 0.25) is 5.02 Å². The molecule has 1 aromatic rings. The molecule has 1 nitrogen and oxygen atoms in total. The van der Waals surface area contributed by atoms with E-state index >= 15 is 0 Å². The van der Waals surface area contributed by atoms with Gasteiger partial charge in [0.2, 0.25) is 0 Å². The molecule has 0 saturated heterocycles. The van der Waals surface area contributed by atoms with Crippen molar-refractivity contribution in [2.45, 2.75) is 18.5 Å². The van der Waals surface area contributed by atoms with Crippen LogP contribution in [0.1, 0.15) is 18.4 Å². The van der Waals surface area contributed by atoms with Crippen LogP contribution >= 0.6 is 11.6 Å². The molecule has 12 heavy (non-hydrogen) atoms. The molecule has 1 saturated carbocycles. The molecule has 1 aliphatic rings. The predicted octanol–water partition coefficient (Wildman–Crippen LogP) is 2.88. The Morgan fingerprint density at radius 2 is 2.08 bits per heavy atom. The van der Waals surface area contributed by atoms with E-state index in [1.807, 2.05) is 0 Å². The Morgan fingerprint density at radius 3 is 2.58 bits per heavy atom. The molecule has 0 bridgehead atoms. The lowest BCUT2D eigenvalue weighted by atomic mass is 10.1. The van der Waals surface area contributed by atoms with Crippen LogP contribution in [0.15, 0.2) is 18.2 Å². The van der Waals surface area contributed by atoms with Gasteiger partial charge in [-0.3, -0.25) is 0 Å². The van der Waals surface area contributed by atoms with E-state index in [0.717, 1.165) is 0 Å². The first-order chi connectivity index (χ1) is 5.62. The predicted molar refractivity (Wildman–Crippen MR) is 47.9 cm³/mol. The Labute approximate surface area is 75.3 Å². The SMILES string of the molecule is Nc1ccc(C2(F)CC2)c(Cl)c1. The Morgan fingerprint density at radius 1 is 1.42 bits per heavy atom. The summed E-state index contributed by atoms with van der Waals surface area (Å²) >= 11 is 5.83. The van der Waals surface area contributed by atoms with Crippen LogP contribution in [0.4, 0.5) is 10.1 Å². The molecule has 3 heteroatoms. The highest BCUT2D eigenvalue weighted by Gasteiger charge is 2.46. The second kappa shape index (κ2) is 2.36. The number of nitrogen functional groups attached to an aromatic ring is 1. The zero-order valence-electron chi connectivity index (χ0n) is 6.48. The van der Waals surface area contributed by atoms with E-state index in [4.69, 9.17) is 17.3 Å². The maximum Gasteiger partial charge on any atom is 0.137 e. The summed E-state index contributed by atoms with van der Waals surface area (Å²) in [7, 11) is 0. The van der Waals surface area contributed by atoms with Gasteiger partial charge >= 0.3 is 0 Å². The standard InChI is InChI=1S/C9H9ClFN/c10-8-5-6(12)1-2-7(8)9(11)3-4-9/h1-2,5H,3-4,12H2.